The van der Waals surface area contributed by atoms with Crippen LogP contribution in [0.2, 0.25) is 0 Å². The predicted molar refractivity (Wildman–Crippen MR) is 46.4 cm³/mol. The lowest BCUT2D eigenvalue weighted by molar-refractivity contribution is 0.416. The van der Waals surface area contributed by atoms with Crippen molar-refractivity contribution in [3.05, 3.63) is 22.1 Å². The van der Waals surface area contributed by atoms with E-state index in [4.69, 9.17) is 4.42 Å². The minimum Gasteiger partial charge on any atom is -0.454 e. The van der Waals surface area contributed by atoms with Crippen molar-refractivity contribution in [2.75, 3.05) is 0 Å². The second-order valence-electron chi connectivity index (χ2n) is 2.98. The van der Waals surface area contributed by atoms with Gasteiger partial charge in [-0.05, 0) is 28.9 Å². The van der Waals surface area contributed by atoms with Crippen molar-refractivity contribution in [2.24, 2.45) is 0 Å². The minimum atomic E-state index is 0.542. The monoisotopic (exact) mass is 215 g/mol. The number of hydrogen-bond donors (Lipinski definition) is 1. The van der Waals surface area contributed by atoms with Crippen molar-refractivity contribution < 1.29 is 4.42 Å². The molecule has 0 radical (unpaired) electrons. The average molecular weight is 216 g/mol. The molecule has 0 saturated heterocycles. The lowest BCUT2D eigenvalue weighted by Crippen LogP contribution is -2.31. The second kappa shape index (κ2) is 2.64. The van der Waals surface area contributed by atoms with Gasteiger partial charge in [-0.1, -0.05) is 0 Å². The minimum absolute atomic E-state index is 0.542. The van der Waals surface area contributed by atoms with Crippen LogP contribution in [0.25, 0.3) is 0 Å². The van der Waals surface area contributed by atoms with E-state index in [0.717, 1.165) is 23.4 Å². The van der Waals surface area contributed by atoms with E-state index in [2.05, 4.69) is 28.2 Å². The summed E-state index contributed by atoms with van der Waals surface area (Å²) in [6.45, 7) is 3.10. The van der Waals surface area contributed by atoms with Crippen molar-refractivity contribution in [2.45, 2.75) is 25.9 Å². The normalized spacial score (nSPS) is 23.3. The average Bonchev–Trinajstić information content (AvgIpc) is 2.27. The van der Waals surface area contributed by atoms with E-state index in [0.29, 0.717) is 6.04 Å². The molecule has 1 aliphatic rings. The van der Waals surface area contributed by atoms with E-state index in [9.17, 15) is 0 Å². The molecule has 1 aliphatic heterocycles. The standard InChI is InChI=1S/C8H10BrNO/c1-5-2-7-6(4-10-5)3-8(9)11-7/h3,5,10H,2,4H2,1H3. The van der Waals surface area contributed by atoms with E-state index in [1.165, 1.54) is 5.56 Å². The summed E-state index contributed by atoms with van der Waals surface area (Å²) >= 11 is 3.32. The van der Waals surface area contributed by atoms with Gasteiger partial charge in [0.05, 0.1) is 0 Å². The van der Waals surface area contributed by atoms with Gasteiger partial charge in [-0.15, -0.1) is 0 Å². The molecule has 1 unspecified atom stereocenters. The number of hydrogen-bond acceptors (Lipinski definition) is 2. The summed E-state index contributed by atoms with van der Waals surface area (Å²) in [6.07, 6.45) is 1.00. The molecule has 1 aromatic rings. The first-order chi connectivity index (χ1) is 5.25. The Bertz CT molecular complexity index is 269. The lowest BCUT2D eigenvalue weighted by Gasteiger charge is -2.18. The molecule has 11 heavy (non-hydrogen) atoms. The highest BCUT2D eigenvalue weighted by atomic mass is 79.9. The Labute approximate surface area is 74.1 Å². The summed E-state index contributed by atoms with van der Waals surface area (Å²) in [4.78, 5) is 0. The summed E-state index contributed by atoms with van der Waals surface area (Å²) in [7, 11) is 0. The maximum atomic E-state index is 5.45. The molecule has 2 heterocycles. The summed E-state index contributed by atoms with van der Waals surface area (Å²) in [5, 5.41) is 3.37. The van der Waals surface area contributed by atoms with Gasteiger partial charge in [0.25, 0.3) is 0 Å². The highest BCUT2D eigenvalue weighted by Gasteiger charge is 2.17. The van der Waals surface area contributed by atoms with Gasteiger partial charge in [0, 0.05) is 24.6 Å². The largest absolute Gasteiger partial charge is 0.454 e. The molecule has 0 spiro atoms. The second-order valence-corrected chi connectivity index (χ2v) is 3.77. The molecule has 0 bridgehead atoms. The van der Waals surface area contributed by atoms with Gasteiger partial charge in [0.15, 0.2) is 4.67 Å². The molecule has 0 fully saturated rings. The fourth-order valence-corrected chi connectivity index (χ4v) is 1.86. The van der Waals surface area contributed by atoms with Crippen LogP contribution in [0, 0.1) is 0 Å². The third-order valence-corrected chi connectivity index (χ3v) is 2.39. The molecule has 60 valence electrons. The number of halogens is 1. The molecule has 1 aromatic heterocycles. The Balaban J connectivity index is 2.34. The number of furan rings is 1. The summed E-state index contributed by atoms with van der Waals surface area (Å²) in [6, 6.07) is 2.58. The Morgan fingerprint density at radius 2 is 2.55 bits per heavy atom. The van der Waals surface area contributed by atoms with E-state index in [-0.39, 0.29) is 0 Å². The molecule has 3 heteroatoms. The van der Waals surface area contributed by atoms with Crippen molar-refractivity contribution in [3.8, 4) is 0 Å². The van der Waals surface area contributed by atoms with Crippen LogP contribution < -0.4 is 5.32 Å². The molecular formula is C8H10BrNO. The van der Waals surface area contributed by atoms with Gasteiger partial charge in [0.2, 0.25) is 0 Å². The lowest BCUT2D eigenvalue weighted by atomic mass is 10.1. The highest BCUT2D eigenvalue weighted by molar-refractivity contribution is 9.10. The zero-order valence-corrected chi connectivity index (χ0v) is 7.94. The molecule has 1 N–H and O–H groups in total. The molecule has 1 atom stereocenters. The summed E-state index contributed by atoms with van der Waals surface area (Å²) < 4.78 is 6.30. The first-order valence-corrected chi connectivity index (χ1v) is 4.55. The van der Waals surface area contributed by atoms with Gasteiger partial charge >= 0.3 is 0 Å². The van der Waals surface area contributed by atoms with E-state index < -0.39 is 0 Å². The first kappa shape index (κ1) is 7.37. The number of rotatable bonds is 0. The van der Waals surface area contributed by atoms with Crippen LogP contribution in [-0.4, -0.2) is 6.04 Å². The number of nitrogens with one attached hydrogen (secondary N) is 1. The predicted octanol–water partition coefficient (Wildman–Crippen LogP) is 2.08. The molecule has 0 saturated carbocycles. The molecule has 0 aliphatic carbocycles. The Morgan fingerprint density at radius 1 is 1.73 bits per heavy atom. The smallest absolute Gasteiger partial charge is 0.169 e. The van der Waals surface area contributed by atoms with Crippen LogP contribution in [0.4, 0.5) is 0 Å². The maximum Gasteiger partial charge on any atom is 0.169 e. The van der Waals surface area contributed by atoms with Gasteiger partial charge in [-0.25, -0.2) is 0 Å². The Morgan fingerprint density at radius 3 is 3.36 bits per heavy atom. The van der Waals surface area contributed by atoms with Gasteiger partial charge in [0.1, 0.15) is 5.76 Å². The molecule has 2 nitrogen and oxygen atoms in total. The number of fused-ring (bicyclic) bond motifs is 1. The van der Waals surface area contributed by atoms with E-state index in [1.54, 1.807) is 0 Å². The Hall–Kier alpha value is -0.280. The molecule has 0 aromatic carbocycles. The van der Waals surface area contributed by atoms with Crippen LogP contribution >= 0.6 is 15.9 Å². The molecule has 2 rings (SSSR count). The fourth-order valence-electron chi connectivity index (χ4n) is 1.39. The fraction of sp³-hybridized carbons (Fsp3) is 0.500. The summed E-state index contributed by atoms with van der Waals surface area (Å²) in [5.74, 6) is 1.13. The van der Waals surface area contributed by atoms with Crippen molar-refractivity contribution >= 4 is 15.9 Å². The maximum absolute atomic E-state index is 5.45. The SMILES string of the molecule is CC1Cc2oc(Br)cc2CN1. The van der Waals surface area contributed by atoms with E-state index in [1.807, 2.05) is 6.07 Å². The highest BCUT2D eigenvalue weighted by Crippen LogP contribution is 2.24. The first-order valence-electron chi connectivity index (χ1n) is 3.76. The summed E-state index contributed by atoms with van der Waals surface area (Å²) in [5.41, 5.74) is 1.29. The van der Waals surface area contributed by atoms with Gasteiger partial charge < -0.3 is 9.73 Å². The molecule has 0 amide bonds. The van der Waals surface area contributed by atoms with Crippen LogP contribution in [-0.2, 0) is 13.0 Å². The zero-order valence-electron chi connectivity index (χ0n) is 6.36. The van der Waals surface area contributed by atoms with E-state index >= 15 is 0 Å². The van der Waals surface area contributed by atoms with Crippen LogP contribution in [0.5, 0.6) is 0 Å². The Kier molecular flexibility index (Phi) is 1.77. The topological polar surface area (TPSA) is 25.2 Å². The quantitative estimate of drug-likeness (QED) is 0.718. The van der Waals surface area contributed by atoms with Crippen molar-refractivity contribution in [1.29, 1.82) is 0 Å². The van der Waals surface area contributed by atoms with Crippen molar-refractivity contribution in [1.82, 2.24) is 5.32 Å². The molecular weight excluding hydrogens is 206 g/mol. The van der Waals surface area contributed by atoms with Crippen LogP contribution in [0.15, 0.2) is 15.2 Å². The zero-order chi connectivity index (χ0) is 7.84. The van der Waals surface area contributed by atoms with Crippen molar-refractivity contribution in [3.63, 3.8) is 0 Å². The van der Waals surface area contributed by atoms with Gasteiger partial charge in [-0.2, -0.15) is 0 Å². The third-order valence-electron chi connectivity index (χ3n) is 2.00. The van der Waals surface area contributed by atoms with Gasteiger partial charge in [-0.3, -0.25) is 0 Å². The third kappa shape index (κ3) is 1.35. The van der Waals surface area contributed by atoms with Crippen LogP contribution in [0.3, 0.4) is 0 Å². The van der Waals surface area contributed by atoms with Crippen LogP contribution in [0.1, 0.15) is 18.2 Å².